The van der Waals surface area contributed by atoms with Gasteiger partial charge in [-0.2, -0.15) is 4.59 Å². The molecule has 0 fully saturated rings. The highest BCUT2D eigenvalue weighted by Gasteiger charge is 2.37. The highest BCUT2D eigenvalue weighted by Crippen LogP contribution is 2.41. The van der Waals surface area contributed by atoms with E-state index in [2.05, 4.69) is 54.7 Å². The van der Waals surface area contributed by atoms with Crippen molar-refractivity contribution in [3.05, 3.63) is 59.5 Å². The molecule has 3 rings (SSSR count). The molecule has 0 saturated carbocycles. The van der Waals surface area contributed by atoms with E-state index in [4.69, 9.17) is 11.6 Å². The summed E-state index contributed by atoms with van der Waals surface area (Å²) in [5, 5.41) is 0.640. The topological polar surface area (TPSA) is 24.9 Å². The summed E-state index contributed by atoms with van der Waals surface area (Å²) in [5.41, 5.74) is 8.35. The van der Waals surface area contributed by atoms with Gasteiger partial charge in [-0.25, -0.2) is 5.43 Å². The number of hydrogen-bond donors (Lipinski definition) is 1. The smallest absolute Gasteiger partial charge is 0.169 e. The van der Waals surface area contributed by atoms with Crippen LogP contribution in [0.3, 0.4) is 0 Å². The van der Waals surface area contributed by atoms with E-state index in [0.717, 1.165) is 18.7 Å². The van der Waals surface area contributed by atoms with Crippen LogP contribution in [0.25, 0.3) is 5.57 Å². The third-order valence-corrected chi connectivity index (χ3v) is 4.14. The molecule has 1 aliphatic rings. The molecule has 1 aromatic carbocycles. The predicted molar refractivity (Wildman–Crippen MR) is 89.9 cm³/mol. The quantitative estimate of drug-likeness (QED) is 0.816. The minimum Gasteiger partial charge on any atom is -0.263 e. The van der Waals surface area contributed by atoms with Gasteiger partial charge in [0.1, 0.15) is 18.4 Å². The lowest BCUT2D eigenvalue weighted by Crippen LogP contribution is -2.48. The monoisotopic (exact) mass is 300 g/mol. The van der Waals surface area contributed by atoms with Crippen molar-refractivity contribution in [2.75, 3.05) is 12.0 Å². The predicted octanol–water partition coefficient (Wildman–Crippen LogP) is 4.85. The summed E-state index contributed by atoms with van der Waals surface area (Å²) in [6.07, 6.45) is 6.76. The first-order valence-electron chi connectivity index (χ1n) is 7.21. The first kappa shape index (κ1) is 14.1. The van der Waals surface area contributed by atoms with Crippen molar-refractivity contribution in [1.82, 2.24) is 9.58 Å². The highest BCUT2D eigenvalue weighted by atomic mass is 35.5. The van der Waals surface area contributed by atoms with Gasteiger partial charge in [0.25, 0.3) is 0 Å². The molecule has 0 bridgehead atoms. The molecule has 1 aliphatic heterocycles. The highest BCUT2D eigenvalue weighted by molar-refractivity contribution is 6.33. The van der Waals surface area contributed by atoms with Gasteiger partial charge in [-0.1, -0.05) is 30.7 Å². The second-order valence-corrected chi connectivity index (χ2v) is 5.80. The zero-order valence-corrected chi connectivity index (χ0v) is 13.1. The Morgan fingerprint density at radius 2 is 2.05 bits per heavy atom. The van der Waals surface area contributed by atoms with E-state index in [1.165, 1.54) is 16.8 Å². The Morgan fingerprint density at radius 1 is 1.24 bits per heavy atom. The van der Waals surface area contributed by atoms with Gasteiger partial charge >= 0.3 is 0 Å². The molecule has 2 aromatic rings. The molecule has 0 aliphatic carbocycles. The third-order valence-electron chi connectivity index (χ3n) is 3.84. The fourth-order valence-electron chi connectivity index (χ4n) is 2.99. The lowest BCUT2D eigenvalue weighted by molar-refractivity contribution is 0.442. The fraction of sp³-hybridized carbons (Fsp3) is 0.235. The van der Waals surface area contributed by atoms with Crippen molar-refractivity contribution in [2.24, 2.45) is 0 Å². The van der Waals surface area contributed by atoms with Crippen LogP contribution in [0.2, 0.25) is 5.02 Å². The first-order valence-corrected chi connectivity index (χ1v) is 7.59. The van der Waals surface area contributed by atoms with Crippen molar-refractivity contribution in [3.8, 4) is 0 Å². The first-order chi connectivity index (χ1) is 10.2. The second-order valence-electron chi connectivity index (χ2n) is 5.39. The second kappa shape index (κ2) is 5.51. The number of allylic oxidation sites excluding steroid dienone is 1. The van der Waals surface area contributed by atoms with E-state index < -0.39 is 0 Å². The lowest BCUT2D eigenvalue weighted by atomic mass is 10.1. The van der Waals surface area contributed by atoms with Crippen LogP contribution in [0.1, 0.15) is 25.8 Å². The Balaban J connectivity index is 2.09. The van der Waals surface area contributed by atoms with Crippen molar-refractivity contribution >= 4 is 28.5 Å². The maximum absolute atomic E-state index is 6.27. The van der Waals surface area contributed by atoms with E-state index in [9.17, 15) is 0 Å². The molecule has 1 N–H and O–H groups in total. The minimum atomic E-state index is 0.599. The number of fused-ring (bicyclic) bond motifs is 1. The SMILES string of the molecule is CCC[N+]1(Nc2ccncc2Cl)C=C(C)c2ccccc21. The molecule has 0 radical (unpaired) electrons. The molecule has 1 atom stereocenters. The van der Waals surface area contributed by atoms with Crippen LogP contribution in [0.15, 0.2) is 48.9 Å². The van der Waals surface area contributed by atoms with Gasteiger partial charge in [-0.05, 0) is 25.5 Å². The number of halogens is 1. The summed E-state index contributed by atoms with van der Waals surface area (Å²) in [5.74, 6) is 0. The van der Waals surface area contributed by atoms with E-state index in [1.54, 1.807) is 12.4 Å². The number of rotatable bonds is 4. The Bertz CT molecular complexity index is 696. The molecule has 1 aromatic heterocycles. The van der Waals surface area contributed by atoms with Gasteiger partial charge in [0.05, 0.1) is 5.02 Å². The maximum Gasteiger partial charge on any atom is 0.169 e. The Labute approximate surface area is 130 Å². The van der Waals surface area contributed by atoms with Crippen LogP contribution in [0, 0.1) is 0 Å². The fourth-order valence-corrected chi connectivity index (χ4v) is 3.15. The van der Waals surface area contributed by atoms with Gasteiger partial charge in [-0.15, -0.1) is 0 Å². The normalized spacial score (nSPS) is 20.0. The van der Waals surface area contributed by atoms with Crippen LogP contribution in [-0.2, 0) is 0 Å². The van der Waals surface area contributed by atoms with Crippen LogP contribution in [0.5, 0.6) is 0 Å². The maximum atomic E-state index is 6.27. The van der Waals surface area contributed by atoms with Crippen LogP contribution in [0.4, 0.5) is 11.4 Å². The van der Waals surface area contributed by atoms with Crippen LogP contribution in [-0.4, -0.2) is 11.5 Å². The largest absolute Gasteiger partial charge is 0.263 e. The summed E-state index contributed by atoms with van der Waals surface area (Å²) in [6.45, 7) is 5.32. The standard InChI is InChI=1S/C17H19ClN3/c1-3-10-21(20-16-8-9-19-11-15(16)18)12-13(2)14-6-4-5-7-17(14)21/h4-9,11-12H,3,10H2,1-2H3,(H,19,20)/q+1. The van der Waals surface area contributed by atoms with Crippen LogP contribution < -0.4 is 10.0 Å². The summed E-state index contributed by atoms with van der Waals surface area (Å²) < 4.78 is 0.599. The van der Waals surface area contributed by atoms with Gasteiger partial charge < -0.3 is 0 Å². The summed E-state index contributed by atoms with van der Waals surface area (Å²) in [4.78, 5) is 4.05. The molecule has 108 valence electrons. The average molecular weight is 301 g/mol. The minimum absolute atomic E-state index is 0.599. The van der Waals surface area contributed by atoms with E-state index in [0.29, 0.717) is 9.61 Å². The average Bonchev–Trinajstić information content (AvgIpc) is 2.76. The van der Waals surface area contributed by atoms with E-state index in [-0.39, 0.29) is 0 Å². The number of aromatic nitrogens is 1. The molecular weight excluding hydrogens is 282 g/mol. The van der Waals surface area contributed by atoms with Crippen molar-refractivity contribution < 1.29 is 0 Å². The molecule has 2 heterocycles. The number of quaternary nitrogens is 1. The summed E-state index contributed by atoms with van der Waals surface area (Å²) in [6, 6.07) is 10.4. The van der Waals surface area contributed by atoms with E-state index >= 15 is 0 Å². The molecule has 0 spiro atoms. The van der Waals surface area contributed by atoms with Crippen molar-refractivity contribution in [1.29, 1.82) is 0 Å². The number of nitrogens with zero attached hydrogens (tertiary/aromatic N) is 2. The summed E-state index contributed by atoms with van der Waals surface area (Å²) >= 11 is 6.27. The lowest BCUT2D eigenvalue weighted by Gasteiger charge is -2.32. The summed E-state index contributed by atoms with van der Waals surface area (Å²) in [7, 11) is 0. The number of benzene rings is 1. The van der Waals surface area contributed by atoms with Crippen molar-refractivity contribution in [2.45, 2.75) is 20.3 Å². The zero-order chi connectivity index (χ0) is 14.9. The molecule has 4 heteroatoms. The number of hydrogen-bond acceptors (Lipinski definition) is 2. The van der Waals surface area contributed by atoms with Crippen LogP contribution >= 0.6 is 11.6 Å². The van der Waals surface area contributed by atoms with Gasteiger partial charge in [0, 0.05) is 29.6 Å². The molecule has 1 unspecified atom stereocenters. The molecule has 21 heavy (non-hydrogen) atoms. The molecule has 0 saturated heterocycles. The van der Waals surface area contributed by atoms with E-state index in [1.807, 2.05) is 6.07 Å². The molecular formula is C17H19ClN3+. The third kappa shape index (κ3) is 2.43. The number of para-hydroxylation sites is 1. The van der Waals surface area contributed by atoms with Gasteiger partial charge in [0.2, 0.25) is 0 Å². The molecule has 3 nitrogen and oxygen atoms in total. The Hall–Kier alpha value is -1.84. The van der Waals surface area contributed by atoms with Crippen molar-refractivity contribution in [3.63, 3.8) is 0 Å². The Morgan fingerprint density at radius 3 is 2.81 bits per heavy atom. The number of pyridine rings is 1. The number of anilines is 1. The zero-order valence-electron chi connectivity index (χ0n) is 12.3. The van der Waals surface area contributed by atoms with Gasteiger partial charge in [-0.3, -0.25) is 4.98 Å². The van der Waals surface area contributed by atoms with Gasteiger partial charge in [0.15, 0.2) is 5.69 Å². The molecule has 0 amide bonds. The number of nitrogens with one attached hydrogen (secondary N) is 1. The Kier molecular flexibility index (Phi) is 3.70.